The number of nitrogens with one attached hydrogen (secondary N) is 1. The zero-order valence-corrected chi connectivity index (χ0v) is 12.3. The van der Waals surface area contributed by atoms with Gasteiger partial charge in [-0.3, -0.25) is 4.79 Å². The van der Waals surface area contributed by atoms with Gasteiger partial charge in [0.25, 0.3) is 0 Å². The van der Waals surface area contributed by atoms with Crippen molar-refractivity contribution < 1.29 is 14.3 Å². The number of alkyl carbamates (subject to hydrolysis) is 1. The molecule has 17 heavy (non-hydrogen) atoms. The van der Waals surface area contributed by atoms with Crippen molar-refractivity contribution in [3.63, 3.8) is 0 Å². The number of ketones is 1. The Kier molecular flexibility index (Phi) is 4.70. The molecule has 0 saturated carbocycles. The number of halogens is 1. The molecule has 1 amide bonds. The molecule has 0 fully saturated rings. The minimum atomic E-state index is -0.585. The Labute approximate surface area is 112 Å². The fraction of sp³-hybridized carbons (Fsp3) is 0.455. The van der Waals surface area contributed by atoms with Gasteiger partial charge in [0.05, 0.1) is 11.4 Å². The number of ether oxygens (including phenoxy) is 1. The number of thiophene rings is 1. The zero-order valence-electron chi connectivity index (χ0n) is 9.87. The van der Waals surface area contributed by atoms with Crippen LogP contribution in [0.1, 0.15) is 30.4 Å². The van der Waals surface area contributed by atoms with Crippen molar-refractivity contribution in [2.24, 2.45) is 0 Å². The zero-order chi connectivity index (χ0) is 13.1. The molecule has 0 aromatic carbocycles. The number of hydrogen-bond donors (Lipinski definition) is 1. The third-order valence-electron chi connectivity index (χ3n) is 1.66. The third-order valence-corrected chi connectivity index (χ3v) is 3.54. The van der Waals surface area contributed by atoms with Gasteiger partial charge in [-0.05, 0) is 48.1 Å². The first-order valence-electron chi connectivity index (χ1n) is 5.02. The highest BCUT2D eigenvalue weighted by atomic mass is 79.9. The van der Waals surface area contributed by atoms with E-state index in [1.807, 2.05) is 5.38 Å². The molecule has 0 spiro atoms. The molecule has 0 radical (unpaired) electrons. The molecule has 94 valence electrons. The Bertz CT molecular complexity index is 423. The molecule has 1 rings (SSSR count). The first kappa shape index (κ1) is 14.2. The second kappa shape index (κ2) is 5.64. The van der Waals surface area contributed by atoms with Crippen LogP contribution in [-0.4, -0.2) is 24.0 Å². The van der Waals surface area contributed by atoms with Gasteiger partial charge in [0.2, 0.25) is 0 Å². The number of carbonyl (C=O) groups is 2. The van der Waals surface area contributed by atoms with E-state index in [2.05, 4.69) is 21.2 Å². The van der Waals surface area contributed by atoms with E-state index in [9.17, 15) is 9.59 Å². The smallest absolute Gasteiger partial charge is 0.408 e. The molecule has 4 nitrogen and oxygen atoms in total. The van der Waals surface area contributed by atoms with Crippen molar-refractivity contribution in [1.82, 2.24) is 5.32 Å². The minimum Gasteiger partial charge on any atom is -0.444 e. The summed E-state index contributed by atoms with van der Waals surface area (Å²) in [5.74, 6) is -0.141. The number of hydrogen-bond acceptors (Lipinski definition) is 4. The highest BCUT2D eigenvalue weighted by Crippen LogP contribution is 2.22. The van der Waals surface area contributed by atoms with Crippen LogP contribution in [0, 0.1) is 0 Å². The normalized spacial score (nSPS) is 11.1. The second-order valence-corrected chi connectivity index (χ2v) is 6.15. The molecule has 0 aliphatic carbocycles. The van der Waals surface area contributed by atoms with E-state index in [4.69, 9.17) is 4.74 Å². The summed E-state index contributed by atoms with van der Waals surface area (Å²) in [6.45, 7) is 5.24. The summed E-state index contributed by atoms with van der Waals surface area (Å²) in [5.41, 5.74) is -0.559. The van der Waals surface area contributed by atoms with Crippen LogP contribution in [0.2, 0.25) is 0 Å². The summed E-state index contributed by atoms with van der Waals surface area (Å²) in [6.07, 6.45) is -0.585. The Morgan fingerprint density at radius 1 is 1.47 bits per heavy atom. The van der Waals surface area contributed by atoms with Crippen LogP contribution in [0.15, 0.2) is 15.9 Å². The van der Waals surface area contributed by atoms with Crippen LogP contribution in [0.5, 0.6) is 0 Å². The Balaban J connectivity index is 2.45. The number of Topliss-reactive ketones (excluding diaryl/α,β-unsaturated/α-hetero) is 1. The van der Waals surface area contributed by atoms with Crippen LogP contribution >= 0.6 is 27.3 Å². The standard InChI is InChI=1S/C11H14BrNO3S/c1-11(2,3)16-10(15)13-6-8(14)9-7(12)4-5-17-9/h4-5H,6H2,1-3H3,(H,13,15). The van der Waals surface area contributed by atoms with Gasteiger partial charge in [-0.25, -0.2) is 4.79 Å². The van der Waals surface area contributed by atoms with E-state index in [0.29, 0.717) is 4.88 Å². The topological polar surface area (TPSA) is 55.4 Å². The highest BCUT2D eigenvalue weighted by molar-refractivity contribution is 9.10. The summed E-state index contributed by atoms with van der Waals surface area (Å²) < 4.78 is 5.77. The Morgan fingerprint density at radius 2 is 2.12 bits per heavy atom. The van der Waals surface area contributed by atoms with Crippen molar-refractivity contribution in [3.8, 4) is 0 Å². The molecular formula is C11H14BrNO3S. The van der Waals surface area contributed by atoms with E-state index in [1.165, 1.54) is 11.3 Å². The molecule has 0 aliphatic rings. The maximum Gasteiger partial charge on any atom is 0.408 e. The molecule has 0 bridgehead atoms. The number of amides is 1. The van der Waals surface area contributed by atoms with E-state index in [-0.39, 0.29) is 12.3 Å². The SMILES string of the molecule is CC(C)(C)OC(=O)NCC(=O)c1sccc1Br. The van der Waals surface area contributed by atoms with E-state index in [0.717, 1.165) is 4.47 Å². The minimum absolute atomic E-state index is 0.0615. The average Bonchev–Trinajstić information content (AvgIpc) is 2.58. The maximum atomic E-state index is 11.7. The van der Waals surface area contributed by atoms with Crippen LogP contribution in [0.25, 0.3) is 0 Å². The van der Waals surface area contributed by atoms with Crippen LogP contribution in [0.3, 0.4) is 0 Å². The molecule has 0 unspecified atom stereocenters. The molecule has 1 heterocycles. The van der Waals surface area contributed by atoms with Crippen molar-refractivity contribution in [3.05, 3.63) is 20.8 Å². The molecule has 1 aromatic rings. The highest BCUT2D eigenvalue weighted by Gasteiger charge is 2.18. The van der Waals surface area contributed by atoms with Crippen LogP contribution in [-0.2, 0) is 4.74 Å². The summed E-state index contributed by atoms with van der Waals surface area (Å²) in [6, 6.07) is 1.80. The van der Waals surface area contributed by atoms with Crippen molar-refractivity contribution >= 4 is 39.1 Å². The lowest BCUT2D eigenvalue weighted by atomic mass is 10.2. The summed E-state index contributed by atoms with van der Waals surface area (Å²) in [7, 11) is 0. The van der Waals surface area contributed by atoms with Gasteiger partial charge in [0.15, 0.2) is 5.78 Å². The molecular weight excluding hydrogens is 306 g/mol. The van der Waals surface area contributed by atoms with E-state index in [1.54, 1.807) is 26.8 Å². The fourth-order valence-corrected chi connectivity index (χ4v) is 2.57. The van der Waals surface area contributed by atoms with Crippen LogP contribution in [0.4, 0.5) is 4.79 Å². The number of carbonyl (C=O) groups excluding carboxylic acids is 2. The predicted molar refractivity (Wildman–Crippen MR) is 70.6 cm³/mol. The lowest BCUT2D eigenvalue weighted by molar-refractivity contribution is 0.0520. The maximum absolute atomic E-state index is 11.7. The first-order chi connectivity index (χ1) is 7.79. The van der Waals surface area contributed by atoms with Crippen molar-refractivity contribution in [2.45, 2.75) is 26.4 Å². The van der Waals surface area contributed by atoms with E-state index >= 15 is 0 Å². The monoisotopic (exact) mass is 319 g/mol. The van der Waals surface area contributed by atoms with Crippen molar-refractivity contribution in [1.29, 1.82) is 0 Å². The molecule has 0 aliphatic heterocycles. The van der Waals surface area contributed by atoms with Gasteiger partial charge in [-0.15, -0.1) is 11.3 Å². The summed E-state index contributed by atoms with van der Waals surface area (Å²) >= 11 is 4.60. The number of rotatable bonds is 3. The summed E-state index contributed by atoms with van der Waals surface area (Å²) in [5, 5.41) is 4.24. The van der Waals surface area contributed by atoms with Gasteiger partial charge >= 0.3 is 6.09 Å². The lowest BCUT2D eigenvalue weighted by Gasteiger charge is -2.19. The molecule has 0 atom stereocenters. The summed E-state index contributed by atoms with van der Waals surface area (Å²) in [4.78, 5) is 23.6. The predicted octanol–water partition coefficient (Wildman–Crippen LogP) is 3.22. The van der Waals surface area contributed by atoms with Gasteiger partial charge < -0.3 is 10.1 Å². The van der Waals surface area contributed by atoms with Gasteiger partial charge in [0.1, 0.15) is 5.60 Å². The quantitative estimate of drug-likeness (QED) is 0.870. The molecule has 0 saturated heterocycles. The third kappa shape index (κ3) is 4.87. The second-order valence-electron chi connectivity index (χ2n) is 4.38. The van der Waals surface area contributed by atoms with Gasteiger partial charge in [-0.2, -0.15) is 0 Å². The molecule has 6 heteroatoms. The van der Waals surface area contributed by atoms with Crippen LogP contribution < -0.4 is 5.32 Å². The van der Waals surface area contributed by atoms with Crippen molar-refractivity contribution in [2.75, 3.05) is 6.54 Å². The molecule has 1 aromatic heterocycles. The van der Waals surface area contributed by atoms with E-state index < -0.39 is 11.7 Å². The molecule has 1 N–H and O–H groups in total. The Morgan fingerprint density at radius 3 is 2.59 bits per heavy atom. The average molecular weight is 320 g/mol. The van der Waals surface area contributed by atoms with Gasteiger partial charge in [0, 0.05) is 4.47 Å². The Hall–Kier alpha value is -0.880. The first-order valence-corrected chi connectivity index (χ1v) is 6.70. The largest absolute Gasteiger partial charge is 0.444 e. The lowest BCUT2D eigenvalue weighted by Crippen LogP contribution is -2.35. The van der Waals surface area contributed by atoms with Gasteiger partial charge in [-0.1, -0.05) is 0 Å². The fourth-order valence-electron chi connectivity index (χ4n) is 1.04.